The van der Waals surface area contributed by atoms with Gasteiger partial charge in [0.2, 0.25) is 0 Å². The molecule has 14 heavy (non-hydrogen) atoms. The molecule has 0 spiro atoms. The van der Waals surface area contributed by atoms with Gasteiger partial charge in [0, 0.05) is 24.6 Å². The highest BCUT2D eigenvalue weighted by Gasteiger charge is 2.09. The van der Waals surface area contributed by atoms with E-state index in [9.17, 15) is 8.78 Å². The first-order valence-electron chi connectivity index (χ1n) is 4.02. The van der Waals surface area contributed by atoms with Crippen LogP contribution in [0.25, 0.3) is 0 Å². The lowest BCUT2D eigenvalue weighted by molar-refractivity contribution is 0.383. The van der Waals surface area contributed by atoms with Gasteiger partial charge in [-0.05, 0) is 0 Å². The molecular formula is C9H10ClF2NO. The number of halogens is 3. The Morgan fingerprint density at radius 3 is 2.64 bits per heavy atom. The Morgan fingerprint density at radius 1 is 1.36 bits per heavy atom. The SMILES string of the molecule is COc1cc(F)c(NCCCl)cc1F. The van der Waals surface area contributed by atoms with Crippen molar-refractivity contribution in [3.05, 3.63) is 23.8 Å². The first-order chi connectivity index (χ1) is 6.69. The lowest BCUT2D eigenvalue weighted by Gasteiger charge is -2.08. The molecule has 0 aliphatic heterocycles. The summed E-state index contributed by atoms with van der Waals surface area (Å²) in [5.74, 6) is -0.953. The van der Waals surface area contributed by atoms with Crippen molar-refractivity contribution in [3.63, 3.8) is 0 Å². The van der Waals surface area contributed by atoms with Crippen LogP contribution in [0.1, 0.15) is 0 Å². The summed E-state index contributed by atoms with van der Waals surface area (Å²) in [4.78, 5) is 0. The smallest absolute Gasteiger partial charge is 0.167 e. The molecule has 0 aliphatic carbocycles. The van der Waals surface area contributed by atoms with E-state index in [1.165, 1.54) is 7.11 Å². The lowest BCUT2D eigenvalue weighted by Crippen LogP contribution is -2.05. The molecule has 0 fully saturated rings. The van der Waals surface area contributed by atoms with Crippen LogP contribution in [0.2, 0.25) is 0 Å². The first kappa shape index (κ1) is 11.0. The summed E-state index contributed by atoms with van der Waals surface area (Å²) in [6.45, 7) is 0.379. The van der Waals surface area contributed by atoms with Crippen LogP contribution in [0.3, 0.4) is 0 Å². The van der Waals surface area contributed by atoms with E-state index in [1.807, 2.05) is 0 Å². The van der Waals surface area contributed by atoms with Crippen LogP contribution >= 0.6 is 11.6 Å². The Balaban J connectivity index is 2.90. The topological polar surface area (TPSA) is 21.3 Å². The van der Waals surface area contributed by atoms with Crippen molar-refractivity contribution in [1.82, 2.24) is 0 Å². The van der Waals surface area contributed by atoms with Crippen molar-refractivity contribution >= 4 is 17.3 Å². The van der Waals surface area contributed by atoms with Crippen LogP contribution in [0.15, 0.2) is 12.1 Å². The highest BCUT2D eigenvalue weighted by atomic mass is 35.5. The number of rotatable bonds is 4. The van der Waals surface area contributed by atoms with E-state index in [0.717, 1.165) is 12.1 Å². The summed E-state index contributed by atoms with van der Waals surface area (Å²) >= 11 is 5.40. The molecule has 0 radical (unpaired) electrons. The van der Waals surface area contributed by atoms with Crippen LogP contribution < -0.4 is 10.1 Å². The zero-order valence-corrected chi connectivity index (χ0v) is 8.37. The molecule has 0 aromatic heterocycles. The van der Waals surface area contributed by atoms with Crippen molar-refractivity contribution in [1.29, 1.82) is 0 Å². The monoisotopic (exact) mass is 221 g/mol. The number of alkyl halides is 1. The van der Waals surface area contributed by atoms with E-state index in [4.69, 9.17) is 11.6 Å². The maximum absolute atomic E-state index is 13.2. The van der Waals surface area contributed by atoms with Gasteiger partial charge in [-0.2, -0.15) is 0 Å². The van der Waals surface area contributed by atoms with Gasteiger partial charge in [0.25, 0.3) is 0 Å². The highest BCUT2D eigenvalue weighted by Crippen LogP contribution is 2.24. The third-order valence-corrected chi connectivity index (χ3v) is 1.84. The van der Waals surface area contributed by atoms with E-state index in [2.05, 4.69) is 10.1 Å². The predicted molar refractivity (Wildman–Crippen MR) is 52.1 cm³/mol. The van der Waals surface area contributed by atoms with Gasteiger partial charge in [-0.15, -0.1) is 11.6 Å². The lowest BCUT2D eigenvalue weighted by atomic mass is 10.2. The van der Waals surface area contributed by atoms with E-state index in [1.54, 1.807) is 0 Å². The zero-order valence-electron chi connectivity index (χ0n) is 7.61. The van der Waals surface area contributed by atoms with Gasteiger partial charge in [0.05, 0.1) is 12.8 Å². The predicted octanol–water partition coefficient (Wildman–Crippen LogP) is 2.62. The van der Waals surface area contributed by atoms with Crippen LogP contribution in [0, 0.1) is 11.6 Å². The summed E-state index contributed by atoms with van der Waals surface area (Å²) in [5.41, 5.74) is 0.0870. The summed E-state index contributed by atoms with van der Waals surface area (Å²) in [6, 6.07) is 2.03. The minimum atomic E-state index is -0.606. The summed E-state index contributed by atoms with van der Waals surface area (Å²) in [5, 5.41) is 2.65. The van der Waals surface area contributed by atoms with Crippen LogP contribution in [-0.2, 0) is 0 Å². The Kier molecular flexibility index (Phi) is 3.95. The number of anilines is 1. The van der Waals surface area contributed by atoms with Crippen molar-refractivity contribution in [2.24, 2.45) is 0 Å². The van der Waals surface area contributed by atoms with Crippen molar-refractivity contribution in [3.8, 4) is 5.75 Å². The van der Waals surface area contributed by atoms with Crippen LogP contribution in [0.4, 0.5) is 14.5 Å². The molecule has 0 heterocycles. The van der Waals surface area contributed by atoms with Gasteiger partial charge in [-0.25, -0.2) is 8.78 Å². The number of hydrogen-bond donors (Lipinski definition) is 1. The summed E-state index contributed by atoms with van der Waals surface area (Å²) in [7, 11) is 1.28. The van der Waals surface area contributed by atoms with E-state index < -0.39 is 11.6 Å². The van der Waals surface area contributed by atoms with Gasteiger partial charge < -0.3 is 10.1 Å². The number of benzene rings is 1. The third kappa shape index (κ3) is 2.48. The maximum atomic E-state index is 13.2. The van der Waals surface area contributed by atoms with E-state index >= 15 is 0 Å². The summed E-state index contributed by atoms with van der Waals surface area (Å²) in [6.07, 6.45) is 0. The second-order valence-corrected chi connectivity index (χ2v) is 2.96. The van der Waals surface area contributed by atoms with Gasteiger partial charge in [-0.3, -0.25) is 0 Å². The molecule has 0 unspecified atom stereocenters. The molecule has 0 bridgehead atoms. The first-order valence-corrected chi connectivity index (χ1v) is 4.55. The van der Waals surface area contributed by atoms with Gasteiger partial charge >= 0.3 is 0 Å². The fraction of sp³-hybridized carbons (Fsp3) is 0.333. The number of nitrogens with one attached hydrogen (secondary N) is 1. The molecule has 0 amide bonds. The van der Waals surface area contributed by atoms with Crippen molar-refractivity contribution < 1.29 is 13.5 Å². The second kappa shape index (κ2) is 5.00. The number of methoxy groups -OCH3 is 1. The van der Waals surface area contributed by atoms with E-state index in [0.29, 0.717) is 12.4 Å². The Bertz CT molecular complexity index is 320. The molecule has 0 saturated heterocycles. The average Bonchev–Trinajstić information content (AvgIpc) is 2.18. The maximum Gasteiger partial charge on any atom is 0.167 e. The summed E-state index contributed by atoms with van der Waals surface area (Å²) < 4.78 is 30.9. The fourth-order valence-electron chi connectivity index (χ4n) is 1.00. The average molecular weight is 222 g/mol. The number of ether oxygens (including phenoxy) is 1. The molecule has 2 nitrogen and oxygen atoms in total. The zero-order chi connectivity index (χ0) is 10.6. The van der Waals surface area contributed by atoms with Gasteiger partial charge in [0.15, 0.2) is 11.6 Å². The third-order valence-electron chi connectivity index (χ3n) is 1.65. The molecule has 1 N–H and O–H groups in total. The molecule has 0 saturated carbocycles. The molecule has 78 valence electrons. The fourth-order valence-corrected chi connectivity index (χ4v) is 1.10. The van der Waals surface area contributed by atoms with Crippen LogP contribution in [-0.4, -0.2) is 19.5 Å². The van der Waals surface area contributed by atoms with Crippen molar-refractivity contribution in [2.75, 3.05) is 24.9 Å². The molecule has 0 atom stereocenters. The Morgan fingerprint density at radius 2 is 2.07 bits per heavy atom. The second-order valence-electron chi connectivity index (χ2n) is 2.58. The molecule has 5 heteroatoms. The molecular weight excluding hydrogens is 212 g/mol. The minimum Gasteiger partial charge on any atom is -0.494 e. The van der Waals surface area contributed by atoms with Gasteiger partial charge in [0.1, 0.15) is 5.82 Å². The van der Waals surface area contributed by atoms with E-state index in [-0.39, 0.29) is 11.4 Å². The highest BCUT2D eigenvalue weighted by molar-refractivity contribution is 6.18. The molecule has 1 rings (SSSR count). The largest absolute Gasteiger partial charge is 0.494 e. The quantitative estimate of drug-likeness (QED) is 0.790. The Labute approximate surface area is 85.8 Å². The van der Waals surface area contributed by atoms with Gasteiger partial charge in [-0.1, -0.05) is 0 Å². The minimum absolute atomic E-state index is 0.0870. The number of hydrogen-bond acceptors (Lipinski definition) is 2. The van der Waals surface area contributed by atoms with Crippen LogP contribution in [0.5, 0.6) is 5.75 Å². The van der Waals surface area contributed by atoms with Crippen molar-refractivity contribution in [2.45, 2.75) is 0 Å². The molecule has 1 aromatic carbocycles. The molecule has 1 aromatic rings. The Hall–Kier alpha value is -1.03. The molecule has 0 aliphatic rings. The standard InChI is InChI=1S/C9H10ClF2NO/c1-14-9-5-6(11)8(4-7(9)12)13-3-2-10/h4-5,13H,2-3H2,1H3. The normalized spacial score (nSPS) is 10.0.